The molecule has 8 nitrogen and oxygen atoms in total. The van der Waals surface area contributed by atoms with Crippen LogP contribution in [0.5, 0.6) is 0 Å². The smallest absolute Gasteiger partial charge is 0.404 e. The van der Waals surface area contributed by atoms with Crippen LogP contribution in [0.2, 0.25) is 0 Å². The van der Waals surface area contributed by atoms with Crippen LogP contribution in [0, 0.1) is 0 Å². The van der Waals surface area contributed by atoms with Crippen molar-refractivity contribution in [3.05, 3.63) is 53.6 Å². The maximum absolute atomic E-state index is 12.6. The van der Waals surface area contributed by atoms with Crippen molar-refractivity contribution in [1.82, 2.24) is 19.5 Å². The van der Waals surface area contributed by atoms with Gasteiger partial charge in [-0.1, -0.05) is 6.07 Å². The molecule has 3 aromatic rings. The number of rotatable bonds is 7. The molecule has 1 aliphatic rings. The molecule has 0 amide bonds. The minimum absolute atomic E-state index is 0.185. The number of aliphatic imine (C=N–C) groups is 1. The van der Waals surface area contributed by atoms with E-state index in [-0.39, 0.29) is 6.54 Å². The molecule has 3 N–H and O–H groups in total. The summed E-state index contributed by atoms with van der Waals surface area (Å²) in [7, 11) is 0. The molecule has 180 valence electrons. The van der Waals surface area contributed by atoms with Gasteiger partial charge in [0, 0.05) is 55.6 Å². The van der Waals surface area contributed by atoms with Crippen molar-refractivity contribution in [2.75, 3.05) is 23.3 Å². The van der Waals surface area contributed by atoms with Gasteiger partial charge >= 0.3 is 6.18 Å². The van der Waals surface area contributed by atoms with Crippen molar-refractivity contribution in [2.24, 2.45) is 10.7 Å². The summed E-state index contributed by atoms with van der Waals surface area (Å²) < 4.78 is 40.1. The van der Waals surface area contributed by atoms with Crippen molar-refractivity contribution in [3.63, 3.8) is 0 Å². The maximum Gasteiger partial charge on any atom is 0.433 e. The highest BCUT2D eigenvalue weighted by molar-refractivity contribution is 5.89. The zero-order valence-corrected chi connectivity index (χ0v) is 19.2. The molecule has 3 aromatic heterocycles. The number of pyridine rings is 1. The molecule has 34 heavy (non-hydrogen) atoms. The lowest BCUT2D eigenvalue weighted by Gasteiger charge is -2.36. The van der Waals surface area contributed by atoms with Crippen molar-refractivity contribution < 1.29 is 13.2 Å². The molecule has 0 radical (unpaired) electrons. The third-order valence-electron chi connectivity index (χ3n) is 5.69. The average Bonchev–Trinajstić information content (AvgIpc) is 3.23. The number of anilines is 2. The maximum atomic E-state index is 12.6. The second-order valence-electron chi connectivity index (χ2n) is 8.54. The molecular formula is C23H27F3N8. The summed E-state index contributed by atoms with van der Waals surface area (Å²) >= 11 is 0. The third kappa shape index (κ3) is 4.82. The molecule has 0 fully saturated rings. The minimum Gasteiger partial charge on any atom is -0.404 e. The standard InChI is InChI=1S/C23H27F3N8/c1-14(2)34-13-15(3)33-7-6-18-20(33)21(34)32-22(31-18)30-12-17(8-27)10-28-9-16-4-5-19(29-11-16)23(24,25)26/h4-8,10-11,14-15H,9,12-13,27H2,1-3H3,(H,30,31,32)/t15-/m0/s1. The summed E-state index contributed by atoms with van der Waals surface area (Å²) in [5.41, 5.74) is 7.95. The van der Waals surface area contributed by atoms with Gasteiger partial charge in [0.2, 0.25) is 5.95 Å². The molecule has 1 atom stereocenters. The van der Waals surface area contributed by atoms with Crippen LogP contribution < -0.4 is 16.0 Å². The van der Waals surface area contributed by atoms with Crippen LogP contribution >= 0.6 is 0 Å². The zero-order valence-electron chi connectivity index (χ0n) is 19.2. The molecule has 0 saturated heterocycles. The van der Waals surface area contributed by atoms with Crippen LogP contribution in [0.15, 0.2) is 47.4 Å². The second-order valence-corrected chi connectivity index (χ2v) is 8.54. The van der Waals surface area contributed by atoms with Gasteiger partial charge in [0.25, 0.3) is 0 Å². The van der Waals surface area contributed by atoms with E-state index >= 15 is 0 Å². The Morgan fingerprint density at radius 2 is 2.09 bits per heavy atom. The Labute approximate surface area is 195 Å². The summed E-state index contributed by atoms with van der Waals surface area (Å²) in [4.78, 5) is 19.4. The molecule has 1 aliphatic heterocycles. The third-order valence-corrected chi connectivity index (χ3v) is 5.69. The lowest BCUT2D eigenvalue weighted by Crippen LogP contribution is -2.39. The SMILES string of the molecule is CC(C)N1C[C@H](C)n2ccc3nc(NCC(C=NCc4ccc(C(F)(F)F)nc4)=CN)nc1c32. The topological polar surface area (TPSA) is 97.2 Å². The molecule has 0 saturated carbocycles. The lowest BCUT2D eigenvalue weighted by molar-refractivity contribution is -0.141. The summed E-state index contributed by atoms with van der Waals surface area (Å²) in [6, 6.07) is 4.92. The van der Waals surface area contributed by atoms with E-state index in [0.29, 0.717) is 35.7 Å². The van der Waals surface area contributed by atoms with Crippen LogP contribution in [0.4, 0.5) is 24.9 Å². The fourth-order valence-corrected chi connectivity index (χ4v) is 3.89. The molecule has 0 unspecified atom stereocenters. The highest BCUT2D eigenvalue weighted by Gasteiger charge is 2.32. The quantitative estimate of drug-likeness (QED) is 0.501. The van der Waals surface area contributed by atoms with Crippen LogP contribution in [0.3, 0.4) is 0 Å². The number of nitrogens with zero attached hydrogens (tertiary/aromatic N) is 6. The molecule has 0 aromatic carbocycles. The van der Waals surface area contributed by atoms with Crippen LogP contribution in [-0.4, -0.2) is 44.9 Å². The molecule has 0 aliphatic carbocycles. The van der Waals surface area contributed by atoms with E-state index < -0.39 is 11.9 Å². The zero-order chi connectivity index (χ0) is 24.5. The Morgan fingerprint density at radius 1 is 1.29 bits per heavy atom. The summed E-state index contributed by atoms with van der Waals surface area (Å²) in [6.45, 7) is 7.86. The molecule has 0 bridgehead atoms. The first-order chi connectivity index (χ1) is 16.2. The van der Waals surface area contributed by atoms with Gasteiger partial charge in [-0.3, -0.25) is 9.98 Å². The van der Waals surface area contributed by atoms with Crippen LogP contribution in [0.25, 0.3) is 11.0 Å². The first-order valence-corrected chi connectivity index (χ1v) is 11.0. The molecule has 4 rings (SSSR count). The summed E-state index contributed by atoms with van der Waals surface area (Å²) in [5.74, 6) is 1.38. The molecule has 4 heterocycles. The molecule has 11 heteroatoms. The second kappa shape index (κ2) is 9.32. The highest BCUT2D eigenvalue weighted by Crippen LogP contribution is 2.35. The van der Waals surface area contributed by atoms with E-state index in [9.17, 15) is 13.2 Å². The van der Waals surface area contributed by atoms with E-state index in [1.165, 1.54) is 18.5 Å². The lowest BCUT2D eigenvalue weighted by atomic mass is 10.2. The first kappa shape index (κ1) is 23.5. The number of alkyl halides is 3. The number of halogens is 3. The van der Waals surface area contributed by atoms with Crippen molar-refractivity contribution >= 4 is 29.0 Å². The highest BCUT2D eigenvalue weighted by atomic mass is 19.4. The van der Waals surface area contributed by atoms with E-state index in [1.807, 2.05) is 12.3 Å². The van der Waals surface area contributed by atoms with Gasteiger partial charge < -0.3 is 20.5 Å². The minimum atomic E-state index is -4.46. The van der Waals surface area contributed by atoms with Crippen molar-refractivity contribution in [1.29, 1.82) is 0 Å². The van der Waals surface area contributed by atoms with Crippen LogP contribution in [-0.2, 0) is 12.7 Å². The Balaban J connectivity index is 1.44. The Hall–Kier alpha value is -3.63. The molecule has 0 spiro atoms. The summed E-state index contributed by atoms with van der Waals surface area (Å²) in [5, 5.41) is 3.20. The van der Waals surface area contributed by atoms with Crippen molar-refractivity contribution in [3.8, 4) is 0 Å². The van der Waals surface area contributed by atoms with E-state index in [2.05, 4.69) is 50.5 Å². The van der Waals surface area contributed by atoms with Gasteiger partial charge in [0.15, 0.2) is 5.82 Å². The number of hydrogen-bond donors (Lipinski definition) is 2. The van der Waals surface area contributed by atoms with Crippen LogP contribution in [0.1, 0.15) is 38.1 Å². The fraction of sp³-hybridized carbons (Fsp3) is 0.391. The Bertz CT molecular complexity index is 1210. The number of nitrogens with one attached hydrogen (secondary N) is 1. The van der Waals surface area contributed by atoms with Gasteiger partial charge in [-0.05, 0) is 38.5 Å². The van der Waals surface area contributed by atoms with Gasteiger partial charge in [0.05, 0.1) is 12.1 Å². The fourth-order valence-electron chi connectivity index (χ4n) is 3.89. The van der Waals surface area contributed by atoms with E-state index in [0.717, 1.165) is 29.5 Å². The average molecular weight is 473 g/mol. The van der Waals surface area contributed by atoms with Gasteiger partial charge in [-0.2, -0.15) is 18.2 Å². The van der Waals surface area contributed by atoms with E-state index in [4.69, 9.17) is 10.7 Å². The van der Waals surface area contributed by atoms with Gasteiger partial charge in [0.1, 0.15) is 11.2 Å². The number of aromatic nitrogens is 4. The van der Waals surface area contributed by atoms with Gasteiger partial charge in [-0.25, -0.2) is 4.98 Å². The number of hydrogen-bond acceptors (Lipinski definition) is 7. The largest absolute Gasteiger partial charge is 0.433 e. The summed E-state index contributed by atoms with van der Waals surface area (Å²) in [6.07, 6.45) is 1.75. The predicted molar refractivity (Wildman–Crippen MR) is 127 cm³/mol. The monoisotopic (exact) mass is 472 g/mol. The van der Waals surface area contributed by atoms with Crippen molar-refractivity contribution in [2.45, 2.75) is 45.6 Å². The first-order valence-electron chi connectivity index (χ1n) is 11.0. The Kier molecular flexibility index (Phi) is 6.45. The van der Waals surface area contributed by atoms with Gasteiger partial charge in [-0.15, -0.1) is 0 Å². The normalized spacial score (nSPS) is 16.7. The predicted octanol–water partition coefficient (Wildman–Crippen LogP) is 4.16. The van der Waals surface area contributed by atoms with E-state index in [1.54, 1.807) is 6.21 Å². The number of nitrogens with two attached hydrogens (primary N) is 1. The Morgan fingerprint density at radius 3 is 2.74 bits per heavy atom. The molecular weight excluding hydrogens is 445 g/mol.